The van der Waals surface area contributed by atoms with Gasteiger partial charge in [-0.25, -0.2) is 14.0 Å². The Labute approximate surface area is 141 Å². The number of methoxy groups -OCH3 is 1. The second kappa shape index (κ2) is 7.73. The summed E-state index contributed by atoms with van der Waals surface area (Å²) in [7, 11) is 1.23. The number of rotatable bonds is 4. The molecule has 0 bridgehead atoms. The summed E-state index contributed by atoms with van der Waals surface area (Å²) in [5.74, 6) is -1.22. The van der Waals surface area contributed by atoms with Gasteiger partial charge in [-0.3, -0.25) is 0 Å². The van der Waals surface area contributed by atoms with E-state index in [2.05, 4.69) is 26.6 Å². The Kier molecular flexibility index (Phi) is 5.70. The Morgan fingerprint density at radius 2 is 1.87 bits per heavy atom. The molecule has 0 aliphatic rings. The summed E-state index contributed by atoms with van der Waals surface area (Å²) in [6, 6.07) is 11.1. The van der Waals surface area contributed by atoms with Gasteiger partial charge in [0.15, 0.2) is 6.04 Å². The average Bonchev–Trinajstić information content (AvgIpc) is 2.55. The lowest BCUT2D eigenvalue weighted by Crippen LogP contribution is -2.37. The number of nitrogens with one attached hydrogen (secondary N) is 2. The number of carbonyl (C=O) groups is 2. The fourth-order valence-corrected chi connectivity index (χ4v) is 2.26. The van der Waals surface area contributed by atoms with Gasteiger partial charge in [0.2, 0.25) is 0 Å². The number of ether oxygens (including phenoxy) is 1. The summed E-state index contributed by atoms with van der Waals surface area (Å²) in [5.41, 5.74) is 0.563. The van der Waals surface area contributed by atoms with Gasteiger partial charge in [0.1, 0.15) is 5.82 Å². The van der Waals surface area contributed by atoms with E-state index in [1.807, 2.05) is 0 Å². The molecule has 0 radical (unpaired) electrons. The number of hydrogen-bond acceptors (Lipinski definition) is 3. The quantitative estimate of drug-likeness (QED) is 0.795. The van der Waals surface area contributed by atoms with Gasteiger partial charge >= 0.3 is 12.0 Å². The van der Waals surface area contributed by atoms with E-state index in [0.29, 0.717) is 10.0 Å². The summed E-state index contributed by atoms with van der Waals surface area (Å²) < 4.78 is 19.0. The number of halogens is 2. The Hall–Kier alpha value is -2.41. The van der Waals surface area contributed by atoms with Gasteiger partial charge in [-0.2, -0.15) is 0 Å². The van der Waals surface area contributed by atoms with E-state index in [9.17, 15) is 14.0 Å². The normalized spacial score (nSPS) is 11.4. The molecule has 0 saturated heterocycles. The van der Waals surface area contributed by atoms with Crippen LogP contribution in [0.25, 0.3) is 0 Å². The SMILES string of the molecule is COC(=O)C(NC(=O)Nc1ccc(Br)cc1F)c1ccccc1. The van der Waals surface area contributed by atoms with Gasteiger partial charge < -0.3 is 15.4 Å². The van der Waals surface area contributed by atoms with Crippen molar-refractivity contribution in [2.75, 3.05) is 12.4 Å². The first kappa shape index (κ1) is 17.0. The number of esters is 1. The molecule has 7 heteroatoms. The highest BCUT2D eigenvalue weighted by Crippen LogP contribution is 2.20. The number of hydrogen-bond donors (Lipinski definition) is 2. The molecule has 2 N–H and O–H groups in total. The number of amides is 2. The zero-order valence-corrected chi connectivity index (χ0v) is 13.8. The predicted octanol–water partition coefficient (Wildman–Crippen LogP) is 3.62. The van der Waals surface area contributed by atoms with Crippen molar-refractivity contribution in [2.24, 2.45) is 0 Å². The van der Waals surface area contributed by atoms with E-state index in [-0.39, 0.29) is 5.69 Å². The summed E-state index contributed by atoms with van der Waals surface area (Å²) in [5, 5.41) is 4.83. The van der Waals surface area contributed by atoms with Crippen molar-refractivity contribution >= 4 is 33.6 Å². The second-order valence-corrected chi connectivity index (χ2v) is 5.51. The van der Waals surface area contributed by atoms with Gasteiger partial charge in [-0.15, -0.1) is 0 Å². The molecule has 1 atom stereocenters. The van der Waals surface area contributed by atoms with Crippen LogP contribution in [0.1, 0.15) is 11.6 Å². The van der Waals surface area contributed by atoms with E-state index < -0.39 is 23.9 Å². The highest BCUT2D eigenvalue weighted by atomic mass is 79.9. The van der Waals surface area contributed by atoms with Crippen molar-refractivity contribution in [2.45, 2.75) is 6.04 Å². The smallest absolute Gasteiger partial charge is 0.333 e. The molecule has 2 aromatic carbocycles. The largest absolute Gasteiger partial charge is 0.467 e. The fourth-order valence-electron chi connectivity index (χ4n) is 1.92. The minimum absolute atomic E-state index is 0.00220. The van der Waals surface area contributed by atoms with Crippen molar-refractivity contribution in [3.05, 3.63) is 64.4 Å². The van der Waals surface area contributed by atoms with Gasteiger partial charge in [-0.05, 0) is 23.8 Å². The van der Waals surface area contributed by atoms with Gasteiger partial charge in [0.25, 0.3) is 0 Å². The van der Waals surface area contributed by atoms with Crippen LogP contribution in [0.15, 0.2) is 53.0 Å². The maximum Gasteiger partial charge on any atom is 0.333 e. The van der Waals surface area contributed by atoms with Gasteiger partial charge in [0, 0.05) is 4.47 Å². The van der Waals surface area contributed by atoms with Crippen LogP contribution < -0.4 is 10.6 Å². The molecule has 0 spiro atoms. The van der Waals surface area contributed by atoms with E-state index in [4.69, 9.17) is 4.74 Å². The molecule has 0 aliphatic heterocycles. The van der Waals surface area contributed by atoms with E-state index in [1.54, 1.807) is 36.4 Å². The van der Waals surface area contributed by atoms with Crippen molar-refractivity contribution in [3.8, 4) is 0 Å². The third-order valence-corrected chi connectivity index (χ3v) is 3.52. The lowest BCUT2D eigenvalue weighted by Gasteiger charge is -2.17. The first-order chi connectivity index (χ1) is 11.0. The average molecular weight is 381 g/mol. The molecule has 0 aliphatic carbocycles. The van der Waals surface area contributed by atoms with Gasteiger partial charge in [-0.1, -0.05) is 46.3 Å². The van der Waals surface area contributed by atoms with Gasteiger partial charge in [0.05, 0.1) is 12.8 Å². The molecule has 0 aromatic heterocycles. The van der Waals surface area contributed by atoms with Crippen LogP contribution in [0, 0.1) is 5.82 Å². The molecule has 0 fully saturated rings. The lowest BCUT2D eigenvalue weighted by molar-refractivity contribution is -0.143. The standard InChI is InChI=1S/C16H14BrFN2O3/c1-23-15(21)14(10-5-3-2-4-6-10)20-16(22)19-13-8-7-11(17)9-12(13)18/h2-9,14H,1H3,(H2,19,20,22). The summed E-state index contributed by atoms with van der Waals surface area (Å²) in [6.07, 6.45) is 0. The molecule has 2 amide bonds. The van der Waals surface area contributed by atoms with Crippen LogP contribution >= 0.6 is 15.9 Å². The zero-order valence-electron chi connectivity index (χ0n) is 12.2. The molecule has 0 saturated carbocycles. The molecule has 5 nitrogen and oxygen atoms in total. The summed E-state index contributed by atoms with van der Waals surface area (Å²) in [6.45, 7) is 0. The minimum atomic E-state index is -0.986. The predicted molar refractivity (Wildman–Crippen MR) is 87.5 cm³/mol. The van der Waals surface area contributed by atoms with Crippen LogP contribution in [0.2, 0.25) is 0 Å². The van der Waals surface area contributed by atoms with Crippen molar-refractivity contribution in [3.63, 3.8) is 0 Å². The number of urea groups is 1. The zero-order chi connectivity index (χ0) is 16.8. The molecular weight excluding hydrogens is 367 g/mol. The molecule has 0 heterocycles. The Morgan fingerprint density at radius 1 is 1.17 bits per heavy atom. The first-order valence-electron chi connectivity index (χ1n) is 6.66. The molecular formula is C16H14BrFN2O3. The highest BCUT2D eigenvalue weighted by Gasteiger charge is 2.23. The number of anilines is 1. The lowest BCUT2D eigenvalue weighted by atomic mass is 10.1. The first-order valence-corrected chi connectivity index (χ1v) is 7.46. The third kappa shape index (κ3) is 4.53. The fraction of sp³-hybridized carbons (Fsp3) is 0.125. The van der Waals surface area contributed by atoms with Crippen LogP contribution in [0.4, 0.5) is 14.9 Å². The monoisotopic (exact) mass is 380 g/mol. The van der Waals surface area contributed by atoms with Crippen LogP contribution in [0.5, 0.6) is 0 Å². The Morgan fingerprint density at radius 3 is 2.48 bits per heavy atom. The molecule has 23 heavy (non-hydrogen) atoms. The molecule has 1 unspecified atom stereocenters. The Balaban J connectivity index is 2.13. The molecule has 2 aromatic rings. The maximum absolute atomic E-state index is 13.7. The van der Waals surface area contributed by atoms with Crippen molar-refractivity contribution < 1.29 is 18.7 Å². The highest BCUT2D eigenvalue weighted by molar-refractivity contribution is 9.10. The topological polar surface area (TPSA) is 67.4 Å². The van der Waals surface area contributed by atoms with E-state index in [1.165, 1.54) is 19.2 Å². The second-order valence-electron chi connectivity index (χ2n) is 4.59. The van der Waals surface area contributed by atoms with E-state index >= 15 is 0 Å². The number of carbonyl (C=O) groups excluding carboxylic acids is 2. The van der Waals surface area contributed by atoms with Crippen molar-refractivity contribution in [1.29, 1.82) is 0 Å². The van der Waals surface area contributed by atoms with E-state index in [0.717, 1.165) is 0 Å². The van der Waals surface area contributed by atoms with Crippen LogP contribution in [-0.2, 0) is 9.53 Å². The maximum atomic E-state index is 13.7. The molecule has 2 rings (SSSR count). The summed E-state index contributed by atoms with van der Waals surface area (Å²) in [4.78, 5) is 23.9. The van der Waals surface area contributed by atoms with Crippen LogP contribution in [0.3, 0.4) is 0 Å². The van der Waals surface area contributed by atoms with Crippen molar-refractivity contribution in [1.82, 2.24) is 5.32 Å². The number of benzene rings is 2. The molecule has 120 valence electrons. The summed E-state index contributed by atoms with van der Waals surface area (Å²) >= 11 is 3.13. The van der Waals surface area contributed by atoms with Crippen LogP contribution in [-0.4, -0.2) is 19.1 Å². The minimum Gasteiger partial charge on any atom is -0.467 e. The third-order valence-electron chi connectivity index (χ3n) is 3.02. The Bertz CT molecular complexity index is 710.